The largest absolute Gasteiger partial charge is 0.481 e. The Morgan fingerprint density at radius 2 is 1.95 bits per heavy atom. The maximum absolute atomic E-state index is 12.0. The molecule has 1 saturated heterocycles. The second kappa shape index (κ2) is 8.15. The molecule has 0 aromatic heterocycles. The Hall–Kier alpha value is -1.10. The summed E-state index contributed by atoms with van der Waals surface area (Å²) >= 11 is 0. The number of carboxylic acids is 1. The maximum Gasteiger partial charge on any atom is 0.303 e. The van der Waals surface area contributed by atoms with Gasteiger partial charge in [-0.1, -0.05) is 13.8 Å². The van der Waals surface area contributed by atoms with Gasteiger partial charge in [0.2, 0.25) is 5.91 Å². The maximum atomic E-state index is 12.0. The average Bonchev–Trinajstić information content (AvgIpc) is 2.34. The molecule has 0 unspecified atom stereocenters. The standard InChI is InChI=1S/C14H26N2O3/c1-11(2)15-7-3-4-13(17)16-8-5-12(6-9-16)10-14(18)19/h11-12,15H,3-10H2,1-2H3,(H,18,19). The minimum atomic E-state index is -0.732. The average molecular weight is 270 g/mol. The molecule has 1 rings (SSSR count). The summed E-state index contributed by atoms with van der Waals surface area (Å²) in [4.78, 5) is 24.5. The minimum absolute atomic E-state index is 0.208. The highest BCUT2D eigenvalue weighted by molar-refractivity contribution is 5.76. The third-order valence-corrected chi connectivity index (χ3v) is 3.55. The Bertz CT molecular complexity index is 297. The molecule has 0 aliphatic carbocycles. The van der Waals surface area contributed by atoms with E-state index in [2.05, 4.69) is 19.2 Å². The summed E-state index contributed by atoms with van der Waals surface area (Å²) in [6.07, 6.45) is 3.33. The third kappa shape index (κ3) is 6.57. The van der Waals surface area contributed by atoms with Gasteiger partial charge >= 0.3 is 5.97 Å². The van der Waals surface area contributed by atoms with Crippen LogP contribution in [0.15, 0.2) is 0 Å². The first-order valence-electron chi connectivity index (χ1n) is 7.22. The van der Waals surface area contributed by atoms with Crippen molar-refractivity contribution in [2.75, 3.05) is 19.6 Å². The molecule has 1 amide bonds. The number of likely N-dealkylation sites (tertiary alicyclic amines) is 1. The van der Waals surface area contributed by atoms with Crippen LogP contribution in [-0.2, 0) is 9.59 Å². The quantitative estimate of drug-likeness (QED) is 0.687. The summed E-state index contributed by atoms with van der Waals surface area (Å²) in [6.45, 7) is 6.49. The molecule has 0 spiro atoms. The van der Waals surface area contributed by atoms with E-state index in [1.165, 1.54) is 0 Å². The zero-order chi connectivity index (χ0) is 14.3. The van der Waals surface area contributed by atoms with Gasteiger partial charge in [0.25, 0.3) is 0 Å². The van der Waals surface area contributed by atoms with Gasteiger partial charge in [-0.05, 0) is 31.7 Å². The number of carbonyl (C=O) groups excluding carboxylic acids is 1. The number of aliphatic carboxylic acids is 1. The van der Waals surface area contributed by atoms with Gasteiger partial charge in [-0.3, -0.25) is 9.59 Å². The van der Waals surface area contributed by atoms with Crippen LogP contribution < -0.4 is 5.32 Å². The molecule has 0 bridgehead atoms. The van der Waals surface area contributed by atoms with Gasteiger partial charge in [0, 0.05) is 32.0 Å². The lowest BCUT2D eigenvalue weighted by Gasteiger charge is -2.31. The van der Waals surface area contributed by atoms with Crippen molar-refractivity contribution in [2.24, 2.45) is 5.92 Å². The van der Waals surface area contributed by atoms with Crippen molar-refractivity contribution in [3.63, 3.8) is 0 Å². The number of hydrogen-bond acceptors (Lipinski definition) is 3. The Morgan fingerprint density at radius 1 is 1.32 bits per heavy atom. The van der Waals surface area contributed by atoms with E-state index >= 15 is 0 Å². The Labute approximate surface area is 115 Å². The number of carbonyl (C=O) groups is 2. The highest BCUT2D eigenvalue weighted by Crippen LogP contribution is 2.20. The molecule has 0 aromatic rings. The second-order valence-corrected chi connectivity index (χ2v) is 5.63. The first kappa shape index (κ1) is 16.0. The predicted octanol–water partition coefficient (Wildman–Crippen LogP) is 1.48. The second-order valence-electron chi connectivity index (χ2n) is 5.63. The molecule has 1 heterocycles. The van der Waals surface area contributed by atoms with Gasteiger partial charge in [0.15, 0.2) is 0 Å². The molecule has 0 saturated carbocycles. The van der Waals surface area contributed by atoms with Gasteiger partial charge in [-0.2, -0.15) is 0 Å². The molecule has 1 aliphatic rings. The van der Waals surface area contributed by atoms with Gasteiger partial charge in [-0.25, -0.2) is 0 Å². The number of nitrogens with zero attached hydrogens (tertiary/aromatic N) is 1. The van der Waals surface area contributed by atoms with E-state index in [1.54, 1.807) is 0 Å². The third-order valence-electron chi connectivity index (χ3n) is 3.55. The van der Waals surface area contributed by atoms with Crippen molar-refractivity contribution in [3.8, 4) is 0 Å². The Morgan fingerprint density at radius 3 is 2.47 bits per heavy atom. The van der Waals surface area contributed by atoms with Crippen LogP contribution in [0.5, 0.6) is 0 Å². The number of carboxylic acid groups (broad SMARTS) is 1. The zero-order valence-electron chi connectivity index (χ0n) is 12.0. The molecule has 0 radical (unpaired) electrons. The lowest BCUT2D eigenvalue weighted by atomic mass is 9.93. The highest BCUT2D eigenvalue weighted by atomic mass is 16.4. The van der Waals surface area contributed by atoms with E-state index in [1.807, 2.05) is 4.90 Å². The molecule has 5 nitrogen and oxygen atoms in total. The van der Waals surface area contributed by atoms with Crippen molar-refractivity contribution >= 4 is 11.9 Å². The molecule has 1 fully saturated rings. The molecule has 0 aromatic carbocycles. The Balaban J connectivity index is 2.16. The van der Waals surface area contributed by atoms with Crippen LogP contribution in [0.3, 0.4) is 0 Å². The zero-order valence-corrected chi connectivity index (χ0v) is 12.0. The van der Waals surface area contributed by atoms with E-state index in [4.69, 9.17) is 5.11 Å². The summed E-state index contributed by atoms with van der Waals surface area (Å²) in [5, 5.41) is 12.0. The van der Waals surface area contributed by atoms with Crippen LogP contribution in [0.25, 0.3) is 0 Å². The van der Waals surface area contributed by atoms with E-state index in [9.17, 15) is 9.59 Å². The molecule has 19 heavy (non-hydrogen) atoms. The molecule has 0 atom stereocenters. The van der Waals surface area contributed by atoms with E-state index in [-0.39, 0.29) is 18.2 Å². The van der Waals surface area contributed by atoms with Crippen LogP contribution in [0.2, 0.25) is 0 Å². The van der Waals surface area contributed by atoms with Gasteiger partial charge < -0.3 is 15.3 Å². The van der Waals surface area contributed by atoms with Crippen molar-refractivity contribution in [3.05, 3.63) is 0 Å². The summed E-state index contributed by atoms with van der Waals surface area (Å²) < 4.78 is 0. The summed E-state index contributed by atoms with van der Waals surface area (Å²) in [6, 6.07) is 0.460. The highest BCUT2D eigenvalue weighted by Gasteiger charge is 2.23. The lowest BCUT2D eigenvalue weighted by molar-refractivity contribution is -0.138. The fraction of sp³-hybridized carbons (Fsp3) is 0.857. The van der Waals surface area contributed by atoms with Gasteiger partial charge in [0.1, 0.15) is 0 Å². The van der Waals surface area contributed by atoms with Crippen LogP contribution in [0.4, 0.5) is 0 Å². The Kier molecular flexibility index (Phi) is 6.84. The summed E-state index contributed by atoms with van der Waals surface area (Å²) in [7, 11) is 0. The molecule has 110 valence electrons. The first-order chi connectivity index (χ1) is 8.99. The predicted molar refractivity (Wildman–Crippen MR) is 73.9 cm³/mol. The summed E-state index contributed by atoms with van der Waals surface area (Å²) in [5.41, 5.74) is 0. The molecular formula is C14H26N2O3. The van der Waals surface area contributed by atoms with Crippen molar-refractivity contribution in [2.45, 2.75) is 52.0 Å². The number of piperidine rings is 1. The van der Waals surface area contributed by atoms with Crippen molar-refractivity contribution in [1.82, 2.24) is 10.2 Å². The lowest BCUT2D eigenvalue weighted by Crippen LogP contribution is -2.39. The topological polar surface area (TPSA) is 69.6 Å². The van der Waals surface area contributed by atoms with E-state index in [0.29, 0.717) is 25.6 Å². The van der Waals surface area contributed by atoms with Crippen molar-refractivity contribution < 1.29 is 14.7 Å². The first-order valence-corrected chi connectivity index (χ1v) is 7.22. The molecule has 1 aliphatic heterocycles. The number of amides is 1. The van der Waals surface area contributed by atoms with Crippen LogP contribution in [-0.4, -0.2) is 47.6 Å². The smallest absolute Gasteiger partial charge is 0.303 e. The van der Waals surface area contributed by atoms with Crippen LogP contribution >= 0.6 is 0 Å². The fourth-order valence-electron chi connectivity index (χ4n) is 2.42. The minimum Gasteiger partial charge on any atom is -0.481 e. The number of rotatable bonds is 7. The van der Waals surface area contributed by atoms with Gasteiger partial charge in [-0.15, -0.1) is 0 Å². The molecule has 2 N–H and O–H groups in total. The number of nitrogens with one attached hydrogen (secondary N) is 1. The van der Waals surface area contributed by atoms with E-state index < -0.39 is 5.97 Å². The summed E-state index contributed by atoms with van der Waals surface area (Å²) in [5.74, 6) is -0.284. The fourth-order valence-corrected chi connectivity index (χ4v) is 2.42. The van der Waals surface area contributed by atoms with Crippen LogP contribution in [0, 0.1) is 5.92 Å². The molecular weight excluding hydrogens is 244 g/mol. The van der Waals surface area contributed by atoms with Crippen LogP contribution in [0.1, 0.15) is 46.0 Å². The molecule has 5 heteroatoms. The van der Waals surface area contributed by atoms with Crippen molar-refractivity contribution in [1.29, 1.82) is 0 Å². The SMILES string of the molecule is CC(C)NCCCC(=O)N1CCC(CC(=O)O)CC1. The van der Waals surface area contributed by atoms with Gasteiger partial charge in [0.05, 0.1) is 0 Å². The van der Waals surface area contributed by atoms with E-state index in [0.717, 1.165) is 25.8 Å². The monoisotopic (exact) mass is 270 g/mol. The number of hydrogen-bond donors (Lipinski definition) is 2. The normalized spacial score (nSPS) is 16.9.